The van der Waals surface area contributed by atoms with Crippen LogP contribution in [0.2, 0.25) is 0 Å². The number of halogens is 1. The summed E-state index contributed by atoms with van der Waals surface area (Å²) in [6.07, 6.45) is -2.36. The Kier molecular flexibility index (Phi) is 8.99. The van der Waals surface area contributed by atoms with Crippen molar-refractivity contribution >= 4 is 44.5 Å². The Balaban J connectivity index is 1.56. The van der Waals surface area contributed by atoms with Gasteiger partial charge in [-0.2, -0.15) is 0 Å². The predicted molar refractivity (Wildman–Crippen MR) is 129 cm³/mol. The molecule has 1 unspecified atom stereocenters. The van der Waals surface area contributed by atoms with Crippen molar-refractivity contribution in [3.63, 3.8) is 0 Å². The lowest BCUT2D eigenvalue weighted by Crippen LogP contribution is -2.49. The number of rotatable bonds is 9. The molecule has 0 bridgehead atoms. The Bertz CT molecular complexity index is 1110. The average Bonchev–Trinajstić information content (AvgIpc) is 3.16. The number of ether oxygens (including phenoxy) is 1. The summed E-state index contributed by atoms with van der Waals surface area (Å²) in [4.78, 5) is 76.8. The number of carbonyl (C=O) groups excluding carboxylic acids is 3. The Morgan fingerprint density at radius 3 is 2.30 bits per heavy atom. The molecule has 3 rings (SSSR count). The minimum absolute atomic E-state index is 0.139. The molecule has 37 heavy (non-hydrogen) atoms. The van der Waals surface area contributed by atoms with Gasteiger partial charge in [-0.1, -0.05) is 0 Å². The Hall–Kier alpha value is -2.54. The third kappa shape index (κ3) is 7.50. The zero-order valence-corrected chi connectivity index (χ0v) is 21.7. The number of piperazine rings is 1. The number of nitrogens with one attached hydrogen (secondary N) is 1. The number of amides is 3. The highest BCUT2D eigenvalue weighted by Crippen LogP contribution is 2.61. The number of anilines is 2. The molecule has 17 heteroatoms. The third-order valence-electron chi connectivity index (χ3n) is 6.06. The molecule has 2 fully saturated rings. The van der Waals surface area contributed by atoms with Crippen molar-refractivity contribution in [1.29, 1.82) is 0 Å². The molecule has 206 valence electrons. The van der Waals surface area contributed by atoms with Crippen LogP contribution in [0.3, 0.4) is 0 Å². The van der Waals surface area contributed by atoms with Gasteiger partial charge in [0.25, 0.3) is 0 Å². The van der Waals surface area contributed by atoms with E-state index >= 15 is 0 Å². The Morgan fingerprint density at radius 1 is 1.14 bits per heavy atom. The van der Waals surface area contributed by atoms with E-state index in [1.807, 2.05) is 0 Å². The minimum Gasteiger partial charge on any atom is -0.442 e. The standard InChI is InChI=1S/C20H29FN4O10P2/c1-13(26)22-11-15-12-25(20(28)35-15)14-2-3-17(16(21)10-14)23-6-8-24(9-7-23)18(27)4-5-19(36(29,30)31)37(32,33)34/h2-3,10,15,19H,4-9,11-12H2,1H3,(H,22,26)(H2,29,30,31)(H2,32,33,34). The van der Waals surface area contributed by atoms with Crippen molar-refractivity contribution in [1.82, 2.24) is 10.2 Å². The summed E-state index contributed by atoms with van der Waals surface area (Å²) in [6.45, 7) is 2.44. The van der Waals surface area contributed by atoms with Crippen LogP contribution in [0.1, 0.15) is 19.8 Å². The van der Waals surface area contributed by atoms with E-state index in [4.69, 9.17) is 4.74 Å². The molecule has 0 spiro atoms. The molecule has 3 amide bonds. The third-order valence-corrected chi connectivity index (χ3v) is 9.94. The van der Waals surface area contributed by atoms with Crippen LogP contribution in [0.4, 0.5) is 20.6 Å². The number of hydrogen-bond donors (Lipinski definition) is 5. The molecule has 0 aliphatic carbocycles. The average molecular weight is 566 g/mol. The Labute approximate surface area is 211 Å². The van der Waals surface area contributed by atoms with Crippen molar-refractivity contribution in [3.05, 3.63) is 24.0 Å². The van der Waals surface area contributed by atoms with Crippen LogP contribution < -0.4 is 15.1 Å². The van der Waals surface area contributed by atoms with Gasteiger partial charge in [-0.15, -0.1) is 0 Å². The minimum atomic E-state index is -5.11. The fraction of sp³-hybridized carbons (Fsp3) is 0.550. The van der Waals surface area contributed by atoms with Gasteiger partial charge in [0.2, 0.25) is 11.8 Å². The van der Waals surface area contributed by atoms with Gasteiger partial charge in [0.15, 0.2) is 5.40 Å². The number of nitrogens with zero attached hydrogens (tertiary/aromatic N) is 3. The number of cyclic esters (lactones) is 1. The lowest BCUT2D eigenvalue weighted by Gasteiger charge is -2.36. The fourth-order valence-electron chi connectivity index (χ4n) is 4.16. The van der Waals surface area contributed by atoms with Crippen molar-refractivity contribution < 1.29 is 52.2 Å². The van der Waals surface area contributed by atoms with E-state index in [0.29, 0.717) is 0 Å². The van der Waals surface area contributed by atoms with Gasteiger partial charge in [-0.05, 0) is 24.6 Å². The molecule has 0 saturated carbocycles. The van der Waals surface area contributed by atoms with Gasteiger partial charge < -0.3 is 39.4 Å². The zero-order valence-electron chi connectivity index (χ0n) is 19.9. The highest BCUT2D eigenvalue weighted by molar-refractivity contribution is 7.70. The lowest BCUT2D eigenvalue weighted by molar-refractivity contribution is -0.131. The summed E-state index contributed by atoms with van der Waals surface area (Å²) in [5, 5.41) is 0.316. The van der Waals surface area contributed by atoms with Gasteiger partial charge in [0.1, 0.15) is 11.9 Å². The van der Waals surface area contributed by atoms with Crippen LogP contribution in [0.25, 0.3) is 0 Å². The SMILES string of the molecule is CC(=O)NCC1CN(c2ccc(N3CCN(C(=O)CCC(P(=O)(O)O)P(=O)(O)O)CC3)c(F)c2)C(=O)O1. The summed E-state index contributed by atoms with van der Waals surface area (Å²) in [6, 6.07) is 4.25. The van der Waals surface area contributed by atoms with Gasteiger partial charge >= 0.3 is 21.3 Å². The molecule has 14 nitrogen and oxygen atoms in total. The molecular formula is C20H29FN4O10P2. The van der Waals surface area contributed by atoms with Gasteiger partial charge in [-0.25, -0.2) is 9.18 Å². The second kappa shape index (κ2) is 11.5. The van der Waals surface area contributed by atoms with Crippen LogP contribution in [-0.4, -0.2) is 93.2 Å². The maximum Gasteiger partial charge on any atom is 0.414 e. The number of benzene rings is 1. The molecule has 0 radical (unpaired) electrons. The summed E-state index contributed by atoms with van der Waals surface area (Å²) in [5.41, 5.74) is 0.538. The molecule has 1 aromatic rings. The first-order valence-corrected chi connectivity index (χ1v) is 14.7. The highest BCUT2D eigenvalue weighted by atomic mass is 31.2. The molecule has 1 atom stereocenters. The summed E-state index contributed by atoms with van der Waals surface area (Å²) in [7, 11) is -10.2. The summed E-state index contributed by atoms with van der Waals surface area (Å²) in [5.74, 6) is -1.39. The normalized spacial score (nSPS) is 18.8. The van der Waals surface area contributed by atoms with Gasteiger partial charge in [0, 0.05) is 39.5 Å². The molecule has 1 aromatic carbocycles. The van der Waals surface area contributed by atoms with Crippen molar-refractivity contribution in [2.24, 2.45) is 0 Å². The van der Waals surface area contributed by atoms with Gasteiger partial charge in [0.05, 0.1) is 24.5 Å². The first-order chi connectivity index (χ1) is 17.2. The second-order valence-electron chi connectivity index (χ2n) is 8.75. The topological polar surface area (TPSA) is 197 Å². The smallest absolute Gasteiger partial charge is 0.414 e. The van der Waals surface area contributed by atoms with Crippen LogP contribution in [0.5, 0.6) is 0 Å². The molecule has 2 aliphatic rings. The van der Waals surface area contributed by atoms with E-state index in [0.717, 1.165) is 0 Å². The first kappa shape index (κ1) is 29.0. The molecule has 5 N–H and O–H groups in total. The maximum atomic E-state index is 14.9. The van der Waals surface area contributed by atoms with Crippen molar-refractivity contribution in [2.45, 2.75) is 31.3 Å². The largest absolute Gasteiger partial charge is 0.442 e. The van der Waals surface area contributed by atoms with Crippen LogP contribution in [0.15, 0.2) is 18.2 Å². The zero-order chi connectivity index (χ0) is 27.5. The molecule has 2 aliphatic heterocycles. The molecule has 0 aromatic heterocycles. The Morgan fingerprint density at radius 2 is 1.76 bits per heavy atom. The summed E-state index contributed by atoms with van der Waals surface area (Å²) >= 11 is 0. The number of carbonyl (C=O) groups is 3. The van der Waals surface area contributed by atoms with Crippen LogP contribution in [0, 0.1) is 5.82 Å². The molecule has 2 heterocycles. The van der Waals surface area contributed by atoms with Gasteiger partial charge in [-0.3, -0.25) is 23.6 Å². The van der Waals surface area contributed by atoms with Crippen molar-refractivity contribution in [2.75, 3.05) is 49.1 Å². The summed E-state index contributed by atoms with van der Waals surface area (Å²) < 4.78 is 42.9. The second-order valence-corrected chi connectivity index (χ2v) is 12.8. The highest BCUT2D eigenvalue weighted by Gasteiger charge is 2.43. The van der Waals surface area contributed by atoms with E-state index in [2.05, 4.69) is 5.32 Å². The fourth-order valence-corrected chi connectivity index (χ4v) is 6.65. The van der Waals surface area contributed by atoms with Crippen LogP contribution >= 0.6 is 15.2 Å². The quantitative estimate of drug-likeness (QED) is 0.259. The van der Waals surface area contributed by atoms with E-state index in [-0.39, 0.29) is 56.6 Å². The lowest BCUT2D eigenvalue weighted by atomic mass is 10.2. The first-order valence-electron chi connectivity index (χ1n) is 11.3. The van der Waals surface area contributed by atoms with Crippen LogP contribution in [-0.2, 0) is 23.5 Å². The van der Waals surface area contributed by atoms with Crippen molar-refractivity contribution in [3.8, 4) is 0 Å². The molecular weight excluding hydrogens is 537 g/mol. The number of hydrogen-bond acceptors (Lipinski definition) is 7. The van der Waals surface area contributed by atoms with E-state index in [1.165, 1.54) is 28.9 Å². The predicted octanol–water partition coefficient (Wildman–Crippen LogP) is 0.397. The molecule has 2 saturated heterocycles. The monoisotopic (exact) mass is 566 g/mol. The van der Waals surface area contributed by atoms with E-state index < -0.39 is 57.4 Å². The van der Waals surface area contributed by atoms with E-state index in [9.17, 15) is 47.5 Å². The maximum absolute atomic E-state index is 14.9. The van der Waals surface area contributed by atoms with E-state index in [1.54, 1.807) is 11.0 Å².